The summed E-state index contributed by atoms with van der Waals surface area (Å²) >= 11 is 0. The smallest absolute Gasteiger partial charge is 0.306 e. The molecule has 6 heteroatoms. The normalized spacial score (nSPS) is 12.9. The van der Waals surface area contributed by atoms with Gasteiger partial charge in [-0.05, 0) is 89.9 Å². The van der Waals surface area contributed by atoms with Crippen molar-refractivity contribution in [2.45, 2.75) is 232 Å². The van der Waals surface area contributed by atoms with Crippen molar-refractivity contribution in [2.75, 3.05) is 13.2 Å². The Bertz CT molecular complexity index is 1280. The highest BCUT2D eigenvalue weighted by Crippen LogP contribution is 2.14. The van der Waals surface area contributed by atoms with Crippen LogP contribution in [0.25, 0.3) is 0 Å². The monoisotopic (exact) mass is 875 g/mol. The molecule has 0 N–H and O–H groups in total. The second-order valence-corrected chi connectivity index (χ2v) is 16.8. The van der Waals surface area contributed by atoms with Crippen molar-refractivity contribution in [3.63, 3.8) is 0 Å². The molecule has 1 unspecified atom stereocenters. The Kier molecular flexibility index (Phi) is 48.0. The van der Waals surface area contributed by atoms with Crippen molar-refractivity contribution in [3.05, 3.63) is 97.2 Å². The number of hydrogen-bond donors (Lipinski definition) is 0. The minimum absolute atomic E-state index is 0.103. The van der Waals surface area contributed by atoms with Crippen molar-refractivity contribution in [1.82, 2.24) is 0 Å². The van der Waals surface area contributed by atoms with Crippen LogP contribution >= 0.6 is 0 Å². The van der Waals surface area contributed by atoms with Crippen molar-refractivity contribution in [3.8, 4) is 0 Å². The SMILES string of the molecule is CC\C=C/C=C\C=C/C=C\C=C\C=C/CCCCCC(=O)OCC(COC(=O)CCCCC/C=C\CCCCCCCC)OC(=O)CCCCCCCCC/C=C\CCCCCC. The van der Waals surface area contributed by atoms with E-state index in [1.165, 1.54) is 103 Å². The molecule has 0 heterocycles. The fourth-order valence-electron chi connectivity index (χ4n) is 6.81. The predicted molar refractivity (Wildman–Crippen MR) is 270 cm³/mol. The van der Waals surface area contributed by atoms with E-state index in [0.717, 1.165) is 83.5 Å². The molecule has 0 rings (SSSR count). The van der Waals surface area contributed by atoms with E-state index in [4.69, 9.17) is 14.2 Å². The fourth-order valence-corrected chi connectivity index (χ4v) is 6.81. The Labute approximate surface area is 387 Å². The quantitative estimate of drug-likeness (QED) is 0.0199. The summed E-state index contributed by atoms with van der Waals surface area (Å²) < 4.78 is 16.7. The van der Waals surface area contributed by atoms with E-state index < -0.39 is 6.10 Å². The molecule has 0 saturated heterocycles. The van der Waals surface area contributed by atoms with Crippen LogP contribution in [0.15, 0.2) is 97.2 Å². The summed E-state index contributed by atoms with van der Waals surface area (Å²) in [5.41, 5.74) is 0. The van der Waals surface area contributed by atoms with Gasteiger partial charge in [0.15, 0.2) is 6.10 Å². The molecule has 0 aliphatic rings. The van der Waals surface area contributed by atoms with Crippen molar-refractivity contribution >= 4 is 17.9 Å². The molecule has 0 aliphatic carbocycles. The van der Waals surface area contributed by atoms with Gasteiger partial charge in [-0.15, -0.1) is 0 Å². The van der Waals surface area contributed by atoms with Crippen molar-refractivity contribution in [2.24, 2.45) is 0 Å². The lowest BCUT2D eigenvalue weighted by Crippen LogP contribution is -2.30. The zero-order valence-electron chi connectivity index (χ0n) is 40.8. The van der Waals surface area contributed by atoms with Gasteiger partial charge in [-0.3, -0.25) is 14.4 Å². The number of hydrogen-bond acceptors (Lipinski definition) is 6. The van der Waals surface area contributed by atoms with E-state index in [1.54, 1.807) is 0 Å². The molecule has 0 spiro atoms. The van der Waals surface area contributed by atoms with Crippen LogP contribution in [0.5, 0.6) is 0 Å². The minimum atomic E-state index is -0.804. The van der Waals surface area contributed by atoms with Gasteiger partial charge in [0, 0.05) is 19.3 Å². The molecule has 0 amide bonds. The van der Waals surface area contributed by atoms with Gasteiger partial charge in [-0.2, -0.15) is 0 Å². The average Bonchev–Trinajstić information content (AvgIpc) is 3.28. The number of carbonyl (C=O) groups excluding carboxylic acids is 3. The van der Waals surface area contributed by atoms with E-state index in [-0.39, 0.29) is 31.1 Å². The van der Waals surface area contributed by atoms with Crippen molar-refractivity contribution < 1.29 is 28.6 Å². The predicted octanol–water partition coefficient (Wildman–Crippen LogP) is 17.0. The summed E-state index contributed by atoms with van der Waals surface area (Å²) in [5, 5.41) is 0. The molecule has 0 bridgehead atoms. The highest BCUT2D eigenvalue weighted by Gasteiger charge is 2.19. The van der Waals surface area contributed by atoms with E-state index in [0.29, 0.717) is 19.3 Å². The first-order valence-electron chi connectivity index (χ1n) is 25.8. The topological polar surface area (TPSA) is 78.9 Å². The molecule has 0 aliphatic heterocycles. The molecule has 1 atom stereocenters. The molecular formula is C57H94O6. The molecule has 0 saturated carbocycles. The third-order valence-electron chi connectivity index (χ3n) is 10.7. The lowest BCUT2D eigenvalue weighted by molar-refractivity contribution is -0.167. The molecule has 0 aromatic carbocycles. The summed E-state index contributed by atoms with van der Waals surface area (Å²) in [6, 6.07) is 0. The molecule has 0 radical (unpaired) electrons. The highest BCUT2D eigenvalue weighted by atomic mass is 16.6. The Hall–Kier alpha value is -3.67. The maximum absolute atomic E-state index is 12.8. The Morgan fingerprint density at radius 2 is 0.635 bits per heavy atom. The van der Waals surface area contributed by atoms with Gasteiger partial charge >= 0.3 is 17.9 Å². The number of unbranched alkanes of at least 4 members (excludes halogenated alkanes) is 23. The van der Waals surface area contributed by atoms with Gasteiger partial charge in [0.2, 0.25) is 0 Å². The van der Waals surface area contributed by atoms with Gasteiger partial charge in [-0.25, -0.2) is 0 Å². The molecule has 0 aromatic rings. The molecule has 0 aromatic heterocycles. The van der Waals surface area contributed by atoms with Crippen LogP contribution in [0.1, 0.15) is 226 Å². The summed E-state index contributed by atoms with van der Waals surface area (Å²) in [4.78, 5) is 38.0. The second-order valence-electron chi connectivity index (χ2n) is 16.8. The lowest BCUT2D eigenvalue weighted by atomic mass is 10.1. The molecule has 0 fully saturated rings. The van der Waals surface area contributed by atoms with Crippen LogP contribution in [-0.2, 0) is 28.6 Å². The summed E-state index contributed by atoms with van der Waals surface area (Å²) in [7, 11) is 0. The number of rotatable bonds is 45. The molecule has 63 heavy (non-hydrogen) atoms. The van der Waals surface area contributed by atoms with Crippen molar-refractivity contribution in [1.29, 1.82) is 0 Å². The van der Waals surface area contributed by atoms with Crippen LogP contribution < -0.4 is 0 Å². The third-order valence-corrected chi connectivity index (χ3v) is 10.7. The van der Waals surface area contributed by atoms with Gasteiger partial charge in [-0.1, -0.05) is 214 Å². The largest absolute Gasteiger partial charge is 0.462 e. The van der Waals surface area contributed by atoms with Crippen LogP contribution in [0.4, 0.5) is 0 Å². The first-order valence-corrected chi connectivity index (χ1v) is 25.8. The maximum Gasteiger partial charge on any atom is 0.306 e. The fraction of sp³-hybridized carbons (Fsp3) is 0.667. The first kappa shape index (κ1) is 59.3. The number of allylic oxidation sites excluding steroid dienone is 16. The van der Waals surface area contributed by atoms with Gasteiger partial charge in [0.25, 0.3) is 0 Å². The Morgan fingerprint density at radius 3 is 1.05 bits per heavy atom. The number of ether oxygens (including phenoxy) is 3. The molecule has 6 nitrogen and oxygen atoms in total. The van der Waals surface area contributed by atoms with Crippen LogP contribution in [0.2, 0.25) is 0 Å². The lowest BCUT2D eigenvalue weighted by Gasteiger charge is -2.18. The summed E-state index contributed by atoms with van der Waals surface area (Å²) in [6.07, 6.45) is 66.7. The average molecular weight is 875 g/mol. The second kappa shape index (κ2) is 51.0. The maximum atomic E-state index is 12.8. The van der Waals surface area contributed by atoms with Crippen LogP contribution in [0.3, 0.4) is 0 Å². The Morgan fingerprint density at radius 1 is 0.333 bits per heavy atom. The van der Waals surface area contributed by atoms with Crippen LogP contribution in [-0.4, -0.2) is 37.2 Å². The van der Waals surface area contributed by atoms with Gasteiger partial charge in [0.05, 0.1) is 0 Å². The zero-order valence-corrected chi connectivity index (χ0v) is 40.8. The summed E-state index contributed by atoms with van der Waals surface area (Å²) in [6.45, 7) is 6.41. The first-order chi connectivity index (χ1) is 31.0. The van der Waals surface area contributed by atoms with E-state index >= 15 is 0 Å². The third kappa shape index (κ3) is 49.2. The van der Waals surface area contributed by atoms with E-state index in [9.17, 15) is 14.4 Å². The highest BCUT2D eigenvalue weighted by molar-refractivity contribution is 5.71. The number of carbonyl (C=O) groups is 3. The van der Waals surface area contributed by atoms with E-state index in [1.807, 2.05) is 60.8 Å². The van der Waals surface area contributed by atoms with Gasteiger partial charge in [0.1, 0.15) is 13.2 Å². The standard InChI is InChI=1S/C57H94O6/c1-4-7-10-13-16-19-22-25-27-28-30-32-35-38-41-44-47-50-56(59)62-53-54(52-61-55(58)49-46-43-40-37-34-31-24-21-18-15-12-9-6-3)63-57(60)51-48-45-42-39-36-33-29-26-23-20-17-14-11-8-5-2/h7,10,13,16,19-20,22-23,25,27-28,30-32,34-35,54H,4-6,8-9,11-12,14-15,17-18,21,24,26,29,33,36-53H2,1-3H3/b10-7-,16-13-,22-19-,23-20-,27-25-,30-28+,34-31-,35-32-. The molecule has 358 valence electrons. The zero-order chi connectivity index (χ0) is 45.8. The minimum Gasteiger partial charge on any atom is -0.462 e. The summed E-state index contributed by atoms with van der Waals surface area (Å²) in [5.74, 6) is -0.969. The van der Waals surface area contributed by atoms with Crippen LogP contribution in [0, 0.1) is 0 Å². The van der Waals surface area contributed by atoms with Gasteiger partial charge < -0.3 is 14.2 Å². The van der Waals surface area contributed by atoms with E-state index in [2.05, 4.69) is 57.2 Å². The Balaban J connectivity index is 4.51. The number of esters is 3. The molecular weight excluding hydrogens is 781 g/mol.